The van der Waals surface area contributed by atoms with Gasteiger partial charge in [-0.05, 0) is 61.6 Å². The highest BCUT2D eigenvalue weighted by Gasteiger charge is 2.15. The summed E-state index contributed by atoms with van der Waals surface area (Å²) in [5.41, 5.74) is 3.96. The lowest BCUT2D eigenvalue weighted by atomic mass is 9.91. The lowest BCUT2D eigenvalue weighted by molar-refractivity contribution is 0.0952. The first-order chi connectivity index (χ1) is 13.3. The molecule has 4 rings (SSSR count). The number of aryl methyl sites for hydroxylation is 1. The highest BCUT2D eigenvalue weighted by molar-refractivity contribution is 5.94. The zero-order valence-corrected chi connectivity index (χ0v) is 15.4. The van der Waals surface area contributed by atoms with Gasteiger partial charge in [-0.25, -0.2) is 4.68 Å². The van der Waals surface area contributed by atoms with Gasteiger partial charge in [0, 0.05) is 25.2 Å². The van der Waals surface area contributed by atoms with E-state index in [1.807, 2.05) is 41.1 Å². The van der Waals surface area contributed by atoms with Crippen LogP contribution in [0.15, 0.2) is 48.5 Å². The Bertz CT molecular complexity index is 896. The summed E-state index contributed by atoms with van der Waals surface area (Å²) in [7, 11) is 0. The number of hydrogen-bond acceptors (Lipinski definition) is 4. The number of piperidine rings is 1. The number of benzene rings is 2. The molecule has 0 bridgehead atoms. The van der Waals surface area contributed by atoms with Gasteiger partial charge in [-0.3, -0.25) is 4.79 Å². The van der Waals surface area contributed by atoms with Crippen LogP contribution in [0, 0.1) is 0 Å². The molecule has 0 radical (unpaired) electrons. The van der Waals surface area contributed by atoms with Crippen molar-refractivity contribution in [2.75, 3.05) is 19.6 Å². The molecule has 1 atom stereocenters. The molecule has 2 aromatic carbocycles. The molecule has 2 N–H and O–H groups in total. The lowest BCUT2D eigenvalue weighted by Crippen LogP contribution is -2.28. The van der Waals surface area contributed by atoms with Crippen molar-refractivity contribution in [2.45, 2.75) is 31.7 Å². The fourth-order valence-electron chi connectivity index (χ4n) is 3.66. The predicted octanol–water partition coefficient (Wildman–Crippen LogP) is 2.72. The Morgan fingerprint density at radius 3 is 2.85 bits per heavy atom. The maximum absolute atomic E-state index is 12.3. The maximum atomic E-state index is 12.3. The molecule has 0 saturated carbocycles. The minimum absolute atomic E-state index is 0.0215. The van der Waals surface area contributed by atoms with E-state index in [2.05, 4.69) is 33.1 Å². The summed E-state index contributed by atoms with van der Waals surface area (Å²) in [6.45, 7) is 3.49. The van der Waals surface area contributed by atoms with Crippen LogP contribution in [0.3, 0.4) is 0 Å². The van der Waals surface area contributed by atoms with Crippen molar-refractivity contribution >= 4 is 16.9 Å². The van der Waals surface area contributed by atoms with Gasteiger partial charge in [-0.15, -0.1) is 5.10 Å². The van der Waals surface area contributed by atoms with E-state index in [1.165, 1.54) is 18.4 Å². The fourth-order valence-corrected chi connectivity index (χ4v) is 3.66. The Labute approximate surface area is 159 Å². The number of nitrogens with one attached hydrogen (secondary N) is 2. The fraction of sp³-hybridized carbons (Fsp3) is 0.381. The third kappa shape index (κ3) is 4.17. The first-order valence-electron chi connectivity index (χ1n) is 9.68. The maximum Gasteiger partial charge on any atom is 0.251 e. The van der Waals surface area contributed by atoms with Gasteiger partial charge in [0.25, 0.3) is 5.91 Å². The number of fused-ring (bicyclic) bond motifs is 1. The SMILES string of the molecule is O=C(NCCCn1nnc2ccccc21)c1ccc([C@H]2CCCNC2)cc1. The second-order valence-electron chi connectivity index (χ2n) is 7.08. The quantitative estimate of drug-likeness (QED) is 0.661. The molecule has 1 fully saturated rings. The van der Waals surface area contributed by atoms with E-state index < -0.39 is 0 Å². The zero-order chi connectivity index (χ0) is 18.5. The molecule has 0 unspecified atom stereocenters. The third-order valence-electron chi connectivity index (χ3n) is 5.19. The van der Waals surface area contributed by atoms with E-state index in [4.69, 9.17) is 0 Å². The van der Waals surface area contributed by atoms with Crippen LogP contribution < -0.4 is 10.6 Å². The van der Waals surface area contributed by atoms with E-state index in [9.17, 15) is 4.79 Å². The Morgan fingerprint density at radius 2 is 2.04 bits per heavy atom. The third-order valence-corrected chi connectivity index (χ3v) is 5.19. The van der Waals surface area contributed by atoms with Crippen molar-refractivity contribution in [2.24, 2.45) is 0 Å². The minimum Gasteiger partial charge on any atom is -0.352 e. The second kappa shape index (κ2) is 8.31. The molecular formula is C21H25N5O. The average molecular weight is 363 g/mol. The molecule has 1 aliphatic rings. The molecule has 2 heterocycles. The van der Waals surface area contributed by atoms with Crippen LogP contribution in [0.1, 0.15) is 41.1 Å². The van der Waals surface area contributed by atoms with Gasteiger partial charge in [0.05, 0.1) is 5.52 Å². The Kier molecular flexibility index (Phi) is 5.44. The van der Waals surface area contributed by atoms with Crippen LogP contribution in [-0.2, 0) is 6.54 Å². The summed E-state index contributed by atoms with van der Waals surface area (Å²) in [5, 5.41) is 14.8. The highest BCUT2D eigenvalue weighted by Crippen LogP contribution is 2.23. The summed E-state index contributed by atoms with van der Waals surface area (Å²) in [5.74, 6) is 0.542. The van der Waals surface area contributed by atoms with Crippen molar-refractivity contribution in [1.29, 1.82) is 0 Å². The molecule has 0 spiro atoms. The molecule has 6 heteroatoms. The number of rotatable bonds is 6. The van der Waals surface area contributed by atoms with Gasteiger partial charge < -0.3 is 10.6 Å². The molecule has 27 heavy (non-hydrogen) atoms. The summed E-state index contributed by atoms with van der Waals surface area (Å²) in [4.78, 5) is 12.3. The number of nitrogens with zero attached hydrogens (tertiary/aromatic N) is 3. The van der Waals surface area contributed by atoms with Gasteiger partial charge in [0.15, 0.2) is 0 Å². The standard InChI is InChI=1S/C21H25N5O/c27-21(17-10-8-16(9-11-17)18-5-3-12-22-15-18)23-13-4-14-26-20-7-2-1-6-19(20)24-25-26/h1-2,6-11,18,22H,3-5,12-15H2,(H,23,27)/t18-/m0/s1. The number of amides is 1. The van der Waals surface area contributed by atoms with Crippen molar-refractivity contribution in [3.8, 4) is 0 Å². The molecule has 140 valence electrons. The van der Waals surface area contributed by atoms with Crippen LogP contribution in [0.5, 0.6) is 0 Å². The Balaban J connectivity index is 1.26. The second-order valence-corrected chi connectivity index (χ2v) is 7.08. The molecule has 1 aliphatic heterocycles. The zero-order valence-electron chi connectivity index (χ0n) is 15.4. The number of carbonyl (C=O) groups is 1. The molecule has 0 aliphatic carbocycles. The van der Waals surface area contributed by atoms with Crippen molar-refractivity contribution in [3.63, 3.8) is 0 Å². The van der Waals surface area contributed by atoms with E-state index in [0.29, 0.717) is 18.0 Å². The first-order valence-corrected chi connectivity index (χ1v) is 9.68. The number of hydrogen-bond donors (Lipinski definition) is 2. The van der Waals surface area contributed by atoms with Crippen molar-refractivity contribution in [3.05, 3.63) is 59.7 Å². The first kappa shape index (κ1) is 17.7. The van der Waals surface area contributed by atoms with Crippen LogP contribution in [0.4, 0.5) is 0 Å². The van der Waals surface area contributed by atoms with E-state index in [-0.39, 0.29) is 5.91 Å². The summed E-state index contributed by atoms with van der Waals surface area (Å²) in [6, 6.07) is 16.0. The van der Waals surface area contributed by atoms with Crippen LogP contribution in [0.2, 0.25) is 0 Å². The monoisotopic (exact) mass is 363 g/mol. The summed E-state index contributed by atoms with van der Waals surface area (Å²) in [6.07, 6.45) is 3.24. The van der Waals surface area contributed by atoms with Crippen molar-refractivity contribution in [1.82, 2.24) is 25.6 Å². The predicted molar refractivity (Wildman–Crippen MR) is 106 cm³/mol. The van der Waals surface area contributed by atoms with Gasteiger partial charge >= 0.3 is 0 Å². The van der Waals surface area contributed by atoms with Gasteiger partial charge in [-0.2, -0.15) is 0 Å². The topological polar surface area (TPSA) is 71.8 Å². The average Bonchev–Trinajstić information content (AvgIpc) is 3.15. The van der Waals surface area contributed by atoms with Gasteiger partial charge in [0.2, 0.25) is 0 Å². The summed E-state index contributed by atoms with van der Waals surface area (Å²) < 4.78 is 1.88. The van der Waals surface area contributed by atoms with Gasteiger partial charge in [-0.1, -0.05) is 29.5 Å². The van der Waals surface area contributed by atoms with Gasteiger partial charge in [0.1, 0.15) is 5.52 Å². The van der Waals surface area contributed by atoms with Crippen LogP contribution >= 0.6 is 0 Å². The van der Waals surface area contributed by atoms with Crippen molar-refractivity contribution < 1.29 is 4.79 Å². The molecule has 3 aromatic rings. The molecule has 1 saturated heterocycles. The number of para-hydroxylation sites is 1. The van der Waals surface area contributed by atoms with E-state index >= 15 is 0 Å². The highest BCUT2D eigenvalue weighted by atomic mass is 16.1. The number of carbonyl (C=O) groups excluding carboxylic acids is 1. The van der Waals surface area contributed by atoms with Crippen LogP contribution in [0.25, 0.3) is 11.0 Å². The smallest absolute Gasteiger partial charge is 0.251 e. The molecule has 1 amide bonds. The normalized spacial score (nSPS) is 17.1. The molecule has 6 nitrogen and oxygen atoms in total. The Hall–Kier alpha value is -2.73. The number of aromatic nitrogens is 3. The molecule has 1 aromatic heterocycles. The minimum atomic E-state index is -0.0215. The summed E-state index contributed by atoms with van der Waals surface area (Å²) >= 11 is 0. The van der Waals surface area contributed by atoms with E-state index in [0.717, 1.165) is 37.1 Å². The van der Waals surface area contributed by atoms with E-state index in [1.54, 1.807) is 0 Å². The largest absolute Gasteiger partial charge is 0.352 e. The Morgan fingerprint density at radius 1 is 1.19 bits per heavy atom. The van der Waals surface area contributed by atoms with Crippen LogP contribution in [-0.4, -0.2) is 40.5 Å². The molecular weight excluding hydrogens is 338 g/mol. The lowest BCUT2D eigenvalue weighted by Gasteiger charge is -2.23.